The van der Waals surface area contributed by atoms with E-state index >= 15 is 0 Å². The molecular weight excluding hydrogens is 509 g/mol. The number of aromatic nitrogens is 1. The first-order chi connectivity index (χ1) is 17.1. The highest BCUT2D eigenvalue weighted by Crippen LogP contribution is 2.46. The Balaban J connectivity index is 1.55. The minimum absolute atomic E-state index is 0.102. The van der Waals surface area contributed by atoms with Crippen LogP contribution in [0.15, 0.2) is 16.8 Å². The van der Waals surface area contributed by atoms with Crippen LogP contribution in [-0.4, -0.2) is 10.9 Å². The molecule has 0 aromatic carbocycles. The summed E-state index contributed by atoms with van der Waals surface area (Å²) < 4.78 is 0. The maximum atomic E-state index is 13.4. The van der Waals surface area contributed by atoms with E-state index in [1.54, 1.807) is 0 Å². The summed E-state index contributed by atoms with van der Waals surface area (Å²) in [4.78, 5) is 19.8. The van der Waals surface area contributed by atoms with Crippen LogP contribution < -0.4 is 16.8 Å². The van der Waals surface area contributed by atoms with Gasteiger partial charge in [0.15, 0.2) is 0 Å². The second-order valence-electron chi connectivity index (χ2n) is 9.98. The van der Waals surface area contributed by atoms with Gasteiger partial charge in [0, 0.05) is 15.8 Å². The largest absolute Gasteiger partial charge is 0.397 e. The number of pyridine rings is 1. The van der Waals surface area contributed by atoms with Gasteiger partial charge in [-0.3, -0.25) is 4.79 Å². The quantitative estimate of drug-likeness (QED) is 0.279. The molecule has 1 aliphatic carbocycles. The molecule has 5 N–H and O–H groups in total. The number of anilines is 3. The molecule has 0 fully saturated rings. The summed E-state index contributed by atoms with van der Waals surface area (Å²) in [5, 5.41) is 27.5. The topological polar surface area (TPSA) is 142 Å². The number of fused-ring (bicyclic) bond motifs is 2. The number of rotatable bonds is 3. The molecule has 1 unspecified atom stereocenters. The highest BCUT2D eigenvalue weighted by molar-refractivity contribution is 7.21. The smallest absolute Gasteiger partial charge is 0.268 e. The van der Waals surface area contributed by atoms with Gasteiger partial charge in [-0.1, -0.05) is 20.8 Å². The fourth-order valence-electron chi connectivity index (χ4n) is 4.84. The maximum Gasteiger partial charge on any atom is 0.268 e. The Kier molecular flexibility index (Phi) is 6.00. The molecule has 1 amide bonds. The number of hydrogen-bond acceptors (Lipinski definition) is 9. The molecule has 0 spiro atoms. The summed E-state index contributed by atoms with van der Waals surface area (Å²) in [5.74, 6) is 0.232. The number of nitrogen functional groups attached to an aromatic ring is 2. The zero-order chi connectivity index (χ0) is 25.8. The second-order valence-corrected chi connectivity index (χ2v) is 12.9. The number of nitrogens with zero attached hydrogens (tertiary/aromatic N) is 3. The molecule has 10 heteroatoms. The third kappa shape index (κ3) is 3.92. The Labute approximate surface area is 221 Å². The molecule has 4 heterocycles. The number of thiophene rings is 3. The molecule has 0 aliphatic heterocycles. The predicted octanol–water partition coefficient (Wildman–Crippen LogP) is 6.40. The molecule has 0 radical (unpaired) electrons. The Morgan fingerprint density at radius 3 is 2.58 bits per heavy atom. The van der Waals surface area contributed by atoms with Crippen LogP contribution in [0.5, 0.6) is 0 Å². The Bertz CT molecular complexity index is 1590. The van der Waals surface area contributed by atoms with Gasteiger partial charge in [0.05, 0.1) is 11.3 Å². The van der Waals surface area contributed by atoms with E-state index in [4.69, 9.17) is 11.5 Å². The molecule has 182 valence electrons. The Hall–Kier alpha value is -3.44. The summed E-state index contributed by atoms with van der Waals surface area (Å²) in [7, 11) is 0. The van der Waals surface area contributed by atoms with Crippen molar-refractivity contribution in [3.63, 3.8) is 0 Å². The number of nitrogens with one attached hydrogen (secondary N) is 1. The molecule has 4 aromatic rings. The molecule has 36 heavy (non-hydrogen) atoms. The predicted molar refractivity (Wildman–Crippen MR) is 148 cm³/mol. The van der Waals surface area contributed by atoms with E-state index in [9.17, 15) is 15.3 Å². The van der Waals surface area contributed by atoms with Crippen LogP contribution in [-0.2, 0) is 12.8 Å². The van der Waals surface area contributed by atoms with Crippen molar-refractivity contribution in [3.05, 3.63) is 43.3 Å². The fraction of sp³-hybridized carbons (Fsp3) is 0.308. The lowest BCUT2D eigenvalue weighted by molar-refractivity contribution is 0.103. The third-order valence-corrected chi connectivity index (χ3v) is 9.81. The summed E-state index contributed by atoms with van der Waals surface area (Å²) in [6, 6.07) is 6.33. The average molecular weight is 533 g/mol. The Morgan fingerprint density at radius 2 is 1.94 bits per heavy atom. The van der Waals surface area contributed by atoms with Crippen LogP contribution in [0.2, 0.25) is 0 Å². The highest BCUT2D eigenvalue weighted by Gasteiger charge is 2.33. The van der Waals surface area contributed by atoms with Crippen LogP contribution in [0.25, 0.3) is 21.3 Å². The number of nitrogens with two attached hydrogens (primary N) is 2. The normalized spacial score (nSPS) is 15.3. The van der Waals surface area contributed by atoms with E-state index in [2.05, 4.69) is 43.2 Å². The van der Waals surface area contributed by atoms with Crippen molar-refractivity contribution in [1.82, 2.24) is 4.98 Å². The molecule has 7 nitrogen and oxygen atoms in total. The molecule has 1 aliphatic rings. The second kappa shape index (κ2) is 8.90. The van der Waals surface area contributed by atoms with E-state index in [-0.39, 0.29) is 27.4 Å². The van der Waals surface area contributed by atoms with Gasteiger partial charge in [-0.2, -0.15) is 21.9 Å². The van der Waals surface area contributed by atoms with Gasteiger partial charge in [0.25, 0.3) is 5.91 Å². The first-order valence-electron chi connectivity index (χ1n) is 11.4. The maximum absolute atomic E-state index is 13.4. The standard InChI is InChI=1S/C26H24N6OS3/c1-26(2,3)13-4-5-14-15(9-27)24(35-17(14)8-13)32-23(33)21-20(29)19-18(12-6-7-34-11-12)16(10-28)22(30)31-25(19)36-21/h6-7,11,13H,4-5,8,29H2,1-3H3,(H2,30,31)(H,32,33). The van der Waals surface area contributed by atoms with E-state index in [0.717, 1.165) is 41.7 Å². The van der Waals surface area contributed by atoms with Crippen molar-refractivity contribution >= 4 is 66.6 Å². The fourth-order valence-corrected chi connectivity index (χ4v) is 7.77. The zero-order valence-electron chi connectivity index (χ0n) is 20.1. The van der Waals surface area contributed by atoms with Crippen molar-refractivity contribution in [3.8, 4) is 23.3 Å². The SMILES string of the molecule is CC(C)(C)C1CCc2c(sc(NC(=O)c3sc4nc(N)c(C#N)c(-c5ccsc5)c4c3N)c2C#N)C1. The van der Waals surface area contributed by atoms with Crippen LogP contribution in [0.1, 0.15) is 58.4 Å². The van der Waals surface area contributed by atoms with Gasteiger partial charge in [-0.05, 0) is 58.5 Å². The van der Waals surface area contributed by atoms with E-state index < -0.39 is 5.91 Å². The average Bonchev–Trinajstić information content (AvgIpc) is 3.54. The molecule has 0 saturated heterocycles. The van der Waals surface area contributed by atoms with Crippen molar-refractivity contribution in [2.75, 3.05) is 16.8 Å². The molecule has 1 atom stereocenters. The summed E-state index contributed by atoms with van der Waals surface area (Å²) in [6.07, 6.45) is 2.77. The number of hydrogen-bond donors (Lipinski definition) is 3. The first kappa shape index (κ1) is 24.3. The third-order valence-electron chi connectivity index (χ3n) is 6.86. The number of carbonyl (C=O) groups excluding carboxylic acids is 1. The van der Waals surface area contributed by atoms with Gasteiger partial charge in [0.2, 0.25) is 0 Å². The molecule has 5 rings (SSSR count). The van der Waals surface area contributed by atoms with Crippen LogP contribution >= 0.6 is 34.0 Å². The lowest BCUT2D eigenvalue weighted by atomic mass is 9.72. The van der Waals surface area contributed by atoms with Crippen molar-refractivity contribution in [1.29, 1.82) is 10.5 Å². The summed E-state index contributed by atoms with van der Waals surface area (Å²) in [5.41, 5.74) is 16.3. The zero-order valence-corrected chi connectivity index (χ0v) is 22.5. The molecular formula is C26H24N6OS3. The lowest BCUT2D eigenvalue weighted by Crippen LogP contribution is -2.26. The van der Waals surface area contributed by atoms with E-state index in [1.807, 2.05) is 16.8 Å². The van der Waals surface area contributed by atoms with E-state index in [0.29, 0.717) is 32.3 Å². The summed E-state index contributed by atoms with van der Waals surface area (Å²) in [6.45, 7) is 6.74. The minimum atomic E-state index is -0.397. The van der Waals surface area contributed by atoms with Crippen molar-refractivity contribution in [2.24, 2.45) is 11.3 Å². The van der Waals surface area contributed by atoms with Crippen LogP contribution in [0, 0.1) is 34.0 Å². The minimum Gasteiger partial charge on any atom is -0.397 e. The molecule has 4 aromatic heterocycles. The van der Waals surface area contributed by atoms with Crippen LogP contribution in [0.3, 0.4) is 0 Å². The first-order valence-corrected chi connectivity index (χ1v) is 14.0. The molecule has 0 bridgehead atoms. The van der Waals surface area contributed by atoms with Crippen molar-refractivity contribution < 1.29 is 4.79 Å². The van der Waals surface area contributed by atoms with Gasteiger partial charge in [-0.25, -0.2) is 4.98 Å². The van der Waals surface area contributed by atoms with Gasteiger partial charge in [-0.15, -0.1) is 22.7 Å². The van der Waals surface area contributed by atoms with Gasteiger partial charge >= 0.3 is 0 Å². The van der Waals surface area contributed by atoms with Gasteiger partial charge < -0.3 is 16.8 Å². The number of nitriles is 2. The highest BCUT2D eigenvalue weighted by atomic mass is 32.1. The lowest BCUT2D eigenvalue weighted by Gasteiger charge is -2.33. The number of amides is 1. The summed E-state index contributed by atoms with van der Waals surface area (Å²) >= 11 is 4.11. The van der Waals surface area contributed by atoms with Gasteiger partial charge in [0.1, 0.15) is 38.2 Å². The molecule has 0 saturated carbocycles. The monoisotopic (exact) mass is 532 g/mol. The number of carbonyl (C=O) groups is 1. The Morgan fingerprint density at radius 1 is 1.19 bits per heavy atom. The van der Waals surface area contributed by atoms with E-state index in [1.165, 1.54) is 27.6 Å². The van der Waals surface area contributed by atoms with Crippen molar-refractivity contribution in [2.45, 2.75) is 40.0 Å². The van der Waals surface area contributed by atoms with Crippen LogP contribution in [0.4, 0.5) is 16.5 Å².